The van der Waals surface area contributed by atoms with Gasteiger partial charge in [0.15, 0.2) is 0 Å². The van der Waals surface area contributed by atoms with Gasteiger partial charge < -0.3 is 9.80 Å². The number of allylic oxidation sites excluding steroid dienone is 1. The van der Waals surface area contributed by atoms with Crippen molar-refractivity contribution in [3.8, 4) is 0 Å². The van der Waals surface area contributed by atoms with Crippen LogP contribution in [0.1, 0.15) is 63.5 Å². The summed E-state index contributed by atoms with van der Waals surface area (Å²) in [7, 11) is 0. The van der Waals surface area contributed by atoms with E-state index in [9.17, 15) is 9.59 Å². The maximum absolute atomic E-state index is 13.4. The highest BCUT2D eigenvalue weighted by molar-refractivity contribution is 8.03. The number of fused-ring (bicyclic) bond motifs is 1. The zero-order valence-corrected chi connectivity index (χ0v) is 20.5. The minimum Gasteiger partial charge on any atom is -0.343 e. The van der Waals surface area contributed by atoms with Gasteiger partial charge in [0.25, 0.3) is 0 Å². The van der Waals surface area contributed by atoms with Crippen LogP contribution in [0, 0.1) is 17.8 Å². The molecule has 3 aliphatic heterocycles. The predicted octanol–water partition coefficient (Wildman–Crippen LogP) is 4.68. The molecule has 3 fully saturated rings. The summed E-state index contributed by atoms with van der Waals surface area (Å²) in [6, 6.07) is 6.37. The number of likely N-dealkylation sites (tertiary alicyclic amines) is 2. The summed E-state index contributed by atoms with van der Waals surface area (Å²) in [6.45, 7) is 2.62. The third-order valence-electron chi connectivity index (χ3n) is 8.21. The second-order valence-corrected chi connectivity index (χ2v) is 11.3. The van der Waals surface area contributed by atoms with Gasteiger partial charge in [0, 0.05) is 49.7 Å². The molecule has 33 heavy (non-hydrogen) atoms. The van der Waals surface area contributed by atoms with Gasteiger partial charge in [-0.15, -0.1) is 11.8 Å². The van der Waals surface area contributed by atoms with Crippen molar-refractivity contribution < 1.29 is 9.59 Å². The van der Waals surface area contributed by atoms with Crippen molar-refractivity contribution >= 4 is 23.6 Å². The summed E-state index contributed by atoms with van der Waals surface area (Å²) in [4.78, 5) is 36.1. The zero-order valence-electron chi connectivity index (χ0n) is 19.7. The SMILES string of the molecule is O=C(CCc1ccccn1)N1CCC(C2=CC(C(=O)N3CCCC4CCCCC43)CS2)CC1. The Morgan fingerprint density at radius 3 is 2.64 bits per heavy atom. The van der Waals surface area contributed by atoms with E-state index in [1.54, 1.807) is 6.20 Å². The van der Waals surface area contributed by atoms with Crippen LogP contribution < -0.4 is 0 Å². The van der Waals surface area contributed by atoms with E-state index in [1.807, 2.05) is 34.9 Å². The van der Waals surface area contributed by atoms with Gasteiger partial charge in [0.1, 0.15) is 0 Å². The smallest absolute Gasteiger partial charge is 0.230 e. The molecule has 5 nitrogen and oxygen atoms in total. The Morgan fingerprint density at radius 1 is 1.00 bits per heavy atom. The van der Waals surface area contributed by atoms with Gasteiger partial charge in [0.2, 0.25) is 11.8 Å². The molecule has 4 heterocycles. The van der Waals surface area contributed by atoms with E-state index >= 15 is 0 Å². The summed E-state index contributed by atoms with van der Waals surface area (Å²) in [5.41, 5.74) is 0.984. The molecule has 2 saturated heterocycles. The molecule has 0 spiro atoms. The standard InChI is InChI=1S/C27H37N3O2S/c31-26(11-10-23-8-3-4-14-28-23)29-16-12-21(13-17-29)25-18-22(19-33-25)27(32)30-15-5-7-20-6-1-2-9-24(20)30/h3-4,8,14,18,20-22,24H,1-2,5-7,9-13,15-17,19H2. The van der Waals surface area contributed by atoms with Crippen LogP contribution in [0.4, 0.5) is 0 Å². The highest BCUT2D eigenvalue weighted by atomic mass is 32.2. The van der Waals surface area contributed by atoms with E-state index in [0.717, 1.165) is 49.8 Å². The molecule has 1 aromatic rings. The molecule has 3 unspecified atom stereocenters. The average molecular weight is 468 g/mol. The molecule has 5 rings (SSSR count). The first-order valence-electron chi connectivity index (χ1n) is 13.0. The molecule has 0 aromatic carbocycles. The number of carbonyl (C=O) groups is 2. The number of pyridine rings is 1. The Labute approximate surface area is 202 Å². The van der Waals surface area contributed by atoms with Gasteiger partial charge in [-0.1, -0.05) is 25.0 Å². The van der Waals surface area contributed by atoms with Crippen LogP contribution >= 0.6 is 11.8 Å². The minimum absolute atomic E-state index is 0.0590. The molecule has 6 heteroatoms. The number of carbonyl (C=O) groups excluding carboxylic acids is 2. The van der Waals surface area contributed by atoms with Crippen molar-refractivity contribution in [2.24, 2.45) is 17.8 Å². The Balaban J connectivity index is 1.11. The van der Waals surface area contributed by atoms with Gasteiger partial charge in [-0.25, -0.2) is 0 Å². The number of amides is 2. The molecule has 178 valence electrons. The van der Waals surface area contributed by atoms with Crippen LogP contribution in [-0.2, 0) is 16.0 Å². The first kappa shape index (κ1) is 22.9. The van der Waals surface area contributed by atoms with Crippen molar-refractivity contribution in [1.82, 2.24) is 14.8 Å². The van der Waals surface area contributed by atoms with Crippen molar-refractivity contribution in [2.75, 3.05) is 25.4 Å². The van der Waals surface area contributed by atoms with Crippen LogP contribution in [-0.4, -0.2) is 58.0 Å². The number of hydrogen-bond acceptors (Lipinski definition) is 4. The Morgan fingerprint density at radius 2 is 1.82 bits per heavy atom. The molecule has 3 atom stereocenters. The molecule has 1 aromatic heterocycles. The van der Waals surface area contributed by atoms with E-state index < -0.39 is 0 Å². The van der Waals surface area contributed by atoms with Gasteiger partial charge >= 0.3 is 0 Å². The highest BCUT2D eigenvalue weighted by Crippen LogP contribution is 2.41. The fourth-order valence-electron chi connectivity index (χ4n) is 6.34. The maximum atomic E-state index is 13.4. The van der Waals surface area contributed by atoms with Crippen molar-refractivity contribution in [1.29, 1.82) is 0 Å². The number of piperidine rings is 2. The van der Waals surface area contributed by atoms with Crippen LogP contribution in [0.5, 0.6) is 0 Å². The quantitative estimate of drug-likeness (QED) is 0.631. The first-order chi connectivity index (χ1) is 16.2. The molecule has 2 amide bonds. The van der Waals surface area contributed by atoms with Gasteiger partial charge in [0.05, 0.1) is 5.92 Å². The van der Waals surface area contributed by atoms with E-state index in [2.05, 4.69) is 16.0 Å². The first-order valence-corrected chi connectivity index (χ1v) is 14.0. The van der Waals surface area contributed by atoms with Crippen LogP contribution in [0.2, 0.25) is 0 Å². The number of rotatable bonds is 5. The third-order valence-corrected chi connectivity index (χ3v) is 9.54. The van der Waals surface area contributed by atoms with Gasteiger partial charge in [-0.3, -0.25) is 14.6 Å². The molecule has 4 aliphatic rings. The topological polar surface area (TPSA) is 53.5 Å². The molecule has 0 bridgehead atoms. The number of thioether (sulfide) groups is 1. The number of aryl methyl sites for hydroxylation is 1. The number of aromatic nitrogens is 1. The van der Waals surface area contributed by atoms with Crippen LogP contribution in [0.25, 0.3) is 0 Å². The van der Waals surface area contributed by atoms with E-state index in [4.69, 9.17) is 0 Å². The Hall–Kier alpha value is -1.82. The van der Waals surface area contributed by atoms with Gasteiger partial charge in [-0.2, -0.15) is 0 Å². The van der Waals surface area contributed by atoms with Gasteiger partial charge in [-0.05, 0) is 73.8 Å². The summed E-state index contributed by atoms with van der Waals surface area (Å²) in [5.74, 6) is 2.85. The normalized spacial score (nSPS) is 28.4. The summed E-state index contributed by atoms with van der Waals surface area (Å²) >= 11 is 1.90. The second-order valence-electron chi connectivity index (χ2n) is 10.2. The average Bonchev–Trinajstić information content (AvgIpc) is 3.38. The lowest BCUT2D eigenvalue weighted by Gasteiger charge is -2.44. The fraction of sp³-hybridized carbons (Fsp3) is 0.667. The monoisotopic (exact) mass is 467 g/mol. The van der Waals surface area contributed by atoms with E-state index in [0.29, 0.717) is 30.7 Å². The third kappa shape index (κ3) is 5.31. The lowest BCUT2D eigenvalue weighted by Crippen LogP contribution is -2.51. The molecule has 1 aliphatic carbocycles. The van der Waals surface area contributed by atoms with Crippen molar-refractivity contribution in [3.05, 3.63) is 41.1 Å². The van der Waals surface area contributed by atoms with Crippen LogP contribution in [0.15, 0.2) is 35.4 Å². The second kappa shape index (κ2) is 10.6. The molecular weight excluding hydrogens is 430 g/mol. The maximum Gasteiger partial charge on any atom is 0.230 e. The van der Waals surface area contributed by atoms with Crippen molar-refractivity contribution in [2.45, 2.75) is 70.3 Å². The molecular formula is C27H37N3O2S. The minimum atomic E-state index is 0.0590. The lowest BCUT2D eigenvalue weighted by molar-refractivity contribution is -0.139. The van der Waals surface area contributed by atoms with E-state index in [1.165, 1.54) is 43.4 Å². The van der Waals surface area contributed by atoms with E-state index in [-0.39, 0.29) is 11.8 Å². The summed E-state index contributed by atoms with van der Waals surface area (Å²) < 4.78 is 0. The predicted molar refractivity (Wildman–Crippen MR) is 133 cm³/mol. The van der Waals surface area contributed by atoms with Crippen LogP contribution in [0.3, 0.4) is 0 Å². The summed E-state index contributed by atoms with van der Waals surface area (Å²) in [6.07, 6.45) is 15.0. The Kier molecular flexibility index (Phi) is 7.39. The number of hydrogen-bond donors (Lipinski definition) is 0. The van der Waals surface area contributed by atoms with Crippen molar-refractivity contribution in [3.63, 3.8) is 0 Å². The lowest BCUT2D eigenvalue weighted by atomic mass is 9.78. The largest absolute Gasteiger partial charge is 0.343 e. The fourth-order valence-corrected chi connectivity index (χ4v) is 7.68. The summed E-state index contributed by atoms with van der Waals surface area (Å²) in [5, 5.41) is 0. The molecule has 0 N–H and O–H groups in total. The number of nitrogens with zero attached hydrogens (tertiary/aromatic N) is 3. The zero-order chi connectivity index (χ0) is 22.6. The Bertz CT molecular complexity index is 863. The molecule has 0 radical (unpaired) electrons. The highest BCUT2D eigenvalue weighted by Gasteiger charge is 2.39. The molecule has 1 saturated carbocycles.